The summed E-state index contributed by atoms with van der Waals surface area (Å²) >= 11 is 0. The Morgan fingerprint density at radius 3 is 2.22 bits per heavy atom. The molecule has 3 aromatic rings. The van der Waals surface area contributed by atoms with E-state index in [0.717, 1.165) is 34.4 Å². The second-order valence-electron chi connectivity index (χ2n) is 8.41. The molecule has 0 aliphatic rings. The van der Waals surface area contributed by atoms with Crippen LogP contribution < -0.4 is 10.1 Å². The highest BCUT2D eigenvalue weighted by atomic mass is 16.5. The molecule has 1 aromatic heterocycles. The van der Waals surface area contributed by atoms with Crippen molar-refractivity contribution in [3.8, 4) is 16.9 Å². The molecule has 2 aromatic carbocycles. The molecule has 5 heteroatoms. The highest BCUT2D eigenvalue weighted by Crippen LogP contribution is 2.24. The van der Waals surface area contributed by atoms with Gasteiger partial charge < -0.3 is 15.2 Å². The van der Waals surface area contributed by atoms with Gasteiger partial charge in [0.15, 0.2) is 0 Å². The van der Waals surface area contributed by atoms with Crippen LogP contribution in [0, 0.1) is 0 Å². The molecule has 0 aliphatic heterocycles. The Morgan fingerprint density at radius 1 is 0.969 bits per heavy atom. The fraction of sp³-hybridized carbons (Fsp3) is 0.333. The second kappa shape index (κ2) is 11.4. The number of aliphatic hydroxyl groups is 1. The summed E-state index contributed by atoms with van der Waals surface area (Å²) < 4.78 is 5.94. The van der Waals surface area contributed by atoms with Gasteiger partial charge in [0.2, 0.25) is 5.91 Å². The van der Waals surface area contributed by atoms with Crippen molar-refractivity contribution in [2.75, 3.05) is 0 Å². The maximum Gasteiger partial charge on any atom is 0.224 e. The van der Waals surface area contributed by atoms with Gasteiger partial charge in [0, 0.05) is 18.4 Å². The average Bonchev–Trinajstić information content (AvgIpc) is 2.78. The smallest absolute Gasteiger partial charge is 0.224 e. The first-order valence-electron chi connectivity index (χ1n) is 11.1. The van der Waals surface area contributed by atoms with Crippen LogP contribution in [0.15, 0.2) is 73.1 Å². The molecular formula is C27H32N2O3. The van der Waals surface area contributed by atoms with E-state index in [1.165, 1.54) is 0 Å². The van der Waals surface area contributed by atoms with Crippen molar-refractivity contribution in [1.82, 2.24) is 10.3 Å². The maximum atomic E-state index is 11.9. The highest BCUT2D eigenvalue weighted by Gasteiger charge is 2.16. The average molecular weight is 433 g/mol. The van der Waals surface area contributed by atoms with E-state index in [1.807, 2.05) is 87.6 Å². The van der Waals surface area contributed by atoms with Crippen LogP contribution in [0.4, 0.5) is 0 Å². The largest absolute Gasteiger partial charge is 0.488 e. The number of hydrogen-bond donors (Lipinski definition) is 2. The van der Waals surface area contributed by atoms with Crippen LogP contribution in [0.1, 0.15) is 38.3 Å². The number of rotatable bonds is 10. The number of nitrogens with zero attached hydrogens (tertiary/aromatic N) is 1. The Hall–Kier alpha value is -3.18. The van der Waals surface area contributed by atoms with Crippen LogP contribution in [0.3, 0.4) is 0 Å². The van der Waals surface area contributed by atoms with E-state index in [0.29, 0.717) is 12.8 Å². The molecule has 0 bridgehead atoms. The van der Waals surface area contributed by atoms with Crippen molar-refractivity contribution in [2.24, 2.45) is 0 Å². The minimum atomic E-state index is -0.560. The van der Waals surface area contributed by atoms with Gasteiger partial charge in [0.05, 0.1) is 12.5 Å². The molecule has 0 aliphatic carbocycles. The fourth-order valence-electron chi connectivity index (χ4n) is 3.49. The van der Waals surface area contributed by atoms with Crippen LogP contribution in [-0.4, -0.2) is 34.2 Å². The molecule has 5 nitrogen and oxygen atoms in total. The van der Waals surface area contributed by atoms with E-state index in [2.05, 4.69) is 10.3 Å². The van der Waals surface area contributed by atoms with Crippen molar-refractivity contribution in [3.05, 3.63) is 84.2 Å². The Bertz CT molecular complexity index is 970. The minimum Gasteiger partial charge on any atom is -0.488 e. The number of carbonyl (C=O) groups is 1. The number of hydrogen-bond acceptors (Lipinski definition) is 4. The summed E-state index contributed by atoms with van der Waals surface area (Å²) in [6.07, 6.45) is 4.46. The van der Waals surface area contributed by atoms with Crippen LogP contribution in [0.2, 0.25) is 0 Å². The van der Waals surface area contributed by atoms with Gasteiger partial charge >= 0.3 is 0 Å². The van der Waals surface area contributed by atoms with Crippen molar-refractivity contribution in [2.45, 2.75) is 58.3 Å². The lowest BCUT2D eigenvalue weighted by Gasteiger charge is -2.20. The SMILES string of the molecule is CC(C)NC(=O)Cc1ccc(-c2ccc(OC(C)C(O)CCc3cccnc3)cc2)cc1. The van der Waals surface area contributed by atoms with E-state index in [-0.39, 0.29) is 18.1 Å². The van der Waals surface area contributed by atoms with Crippen molar-refractivity contribution >= 4 is 5.91 Å². The Morgan fingerprint density at radius 2 is 1.62 bits per heavy atom. The first-order chi connectivity index (χ1) is 15.4. The molecule has 0 radical (unpaired) electrons. The first kappa shape index (κ1) is 23.5. The predicted octanol–water partition coefficient (Wildman–Crippen LogP) is 4.58. The van der Waals surface area contributed by atoms with E-state index in [9.17, 15) is 9.90 Å². The molecule has 1 amide bonds. The molecule has 32 heavy (non-hydrogen) atoms. The molecule has 2 N–H and O–H groups in total. The van der Waals surface area contributed by atoms with Crippen LogP contribution >= 0.6 is 0 Å². The third kappa shape index (κ3) is 7.20. The molecule has 3 rings (SSSR count). The van der Waals surface area contributed by atoms with Crippen molar-refractivity contribution in [3.63, 3.8) is 0 Å². The van der Waals surface area contributed by atoms with Gasteiger partial charge in [-0.25, -0.2) is 0 Å². The monoisotopic (exact) mass is 432 g/mol. The van der Waals surface area contributed by atoms with E-state index in [4.69, 9.17) is 4.74 Å². The third-order valence-electron chi connectivity index (χ3n) is 5.27. The first-order valence-corrected chi connectivity index (χ1v) is 11.1. The summed E-state index contributed by atoms with van der Waals surface area (Å²) in [5.74, 6) is 0.759. The van der Waals surface area contributed by atoms with Gasteiger partial charge in [-0.1, -0.05) is 42.5 Å². The lowest BCUT2D eigenvalue weighted by atomic mass is 10.0. The van der Waals surface area contributed by atoms with Crippen molar-refractivity contribution in [1.29, 1.82) is 0 Å². The van der Waals surface area contributed by atoms with Crippen LogP contribution in [-0.2, 0) is 17.6 Å². The molecule has 0 fully saturated rings. The Kier molecular flexibility index (Phi) is 8.40. The number of pyridine rings is 1. The van der Waals surface area contributed by atoms with Gasteiger partial charge in [-0.15, -0.1) is 0 Å². The lowest BCUT2D eigenvalue weighted by molar-refractivity contribution is -0.120. The Labute approximate surface area is 190 Å². The number of ether oxygens (including phenoxy) is 1. The van der Waals surface area contributed by atoms with E-state index in [1.54, 1.807) is 6.20 Å². The Balaban J connectivity index is 1.52. The number of aryl methyl sites for hydroxylation is 1. The van der Waals surface area contributed by atoms with Gasteiger partial charge in [-0.05, 0) is 74.1 Å². The summed E-state index contributed by atoms with van der Waals surface area (Å²) in [6.45, 7) is 5.80. The van der Waals surface area contributed by atoms with Gasteiger partial charge in [0.25, 0.3) is 0 Å². The normalized spacial score (nSPS) is 12.9. The quantitative estimate of drug-likeness (QED) is 0.492. The number of amides is 1. The minimum absolute atomic E-state index is 0.0333. The van der Waals surface area contributed by atoms with E-state index >= 15 is 0 Å². The highest BCUT2D eigenvalue weighted by molar-refractivity contribution is 5.79. The third-order valence-corrected chi connectivity index (χ3v) is 5.27. The summed E-state index contributed by atoms with van der Waals surface area (Å²) in [4.78, 5) is 16.0. The van der Waals surface area contributed by atoms with Gasteiger partial charge in [0.1, 0.15) is 11.9 Å². The molecule has 2 atom stereocenters. The molecule has 168 valence electrons. The number of benzene rings is 2. The standard InChI is InChI=1S/C27H32N2O3/c1-19(2)29-27(31)17-21-6-9-23(10-7-21)24-11-13-25(14-12-24)32-20(3)26(30)15-8-22-5-4-16-28-18-22/h4-7,9-14,16,18-20,26,30H,8,15,17H2,1-3H3,(H,29,31). The fourth-order valence-corrected chi connectivity index (χ4v) is 3.49. The molecule has 1 heterocycles. The van der Waals surface area contributed by atoms with Crippen LogP contribution in [0.25, 0.3) is 11.1 Å². The summed E-state index contributed by atoms with van der Waals surface area (Å²) in [5, 5.41) is 13.3. The number of aliphatic hydroxyl groups excluding tert-OH is 1. The lowest BCUT2D eigenvalue weighted by Crippen LogP contribution is -2.31. The molecule has 2 unspecified atom stereocenters. The summed E-state index contributed by atoms with van der Waals surface area (Å²) in [7, 11) is 0. The predicted molar refractivity (Wildman–Crippen MR) is 128 cm³/mol. The van der Waals surface area contributed by atoms with Crippen LogP contribution in [0.5, 0.6) is 5.75 Å². The zero-order valence-corrected chi connectivity index (χ0v) is 19.0. The number of carbonyl (C=O) groups excluding carboxylic acids is 1. The van der Waals surface area contributed by atoms with Gasteiger partial charge in [-0.3, -0.25) is 9.78 Å². The van der Waals surface area contributed by atoms with Gasteiger partial charge in [-0.2, -0.15) is 0 Å². The van der Waals surface area contributed by atoms with Crippen molar-refractivity contribution < 1.29 is 14.6 Å². The molecule has 0 saturated carbocycles. The molecular weight excluding hydrogens is 400 g/mol. The maximum absolute atomic E-state index is 11.9. The zero-order valence-electron chi connectivity index (χ0n) is 19.0. The number of aromatic nitrogens is 1. The number of nitrogens with one attached hydrogen (secondary N) is 1. The molecule has 0 spiro atoms. The zero-order chi connectivity index (χ0) is 22.9. The summed E-state index contributed by atoms with van der Waals surface area (Å²) in [5.41, 5.74) is 4.24. The molecule has 0 saturated heterocycles. The topological polar surface area (TPSA) is 71.5 Å². The second-order valence-corrected chi connectivity index (χ2v) is 8.41. The van der Waals surface area contributed by atoms with E-state index < -0.39 is 6.10 Å². The summed E-state index contributed by atoms with van der Waals surface area (Å²) in [6, 6.07) is 19.9.